The van der Waals surface area contributed by atoms with Crippen molar-refractivity contribution in [3.8, 4) is 11.3 Å². The summed E-state index contributed by atoms with van der Waals surface area (Å²) in [6.45, 7) is 1.83. The topological polar surface area (TPSA) is 57.9 Å². The quantitative estimate of drug-likeness (QED) is 0.873. The van der Waals surface area contributed by atoms with Gasteiger partial charge >= 0.3 is 0 Å². The average Bonchev–Trinajstić information content (AvgIpc) is 2.98. The van der Waals surface area contributed by atoms with Crippen molar-refractivity contribution in [1.82, 2.24) is 10.2 Å². The highest BCUT2D eigenvalue weighted by Gasteiger charge is 2.21. The molecule has 3 rings (SSSR count). The minimum atomic E-state index is 0.255. The number of hydrogen-bond donors (Lipinski definition) is 2. The maximum absolute atomic E-state index is 6.17. The van der Waals surface area contributed by atoms with Crippen LogP contribution in [0.5, 0.6) is 0 Å². The lowest BCUT2D eigenvalue weighted by Crippen LogP contribution is -2.26. The van der Waals surface area contributed by atoms with Crippen LogP contribution in [-0.2, 0) is 0 Å². The van der Waals surface area contributed by atoms with E-state index < -0.39 is 0 Å². The number of nitrogens with zero attached hydrogens (tertiary/aromatic N) is 2. The van der Waals surface area contributed by atoms with Crippen LogP contribution in [0.4, 0.5) is 5.82 Å². The third-order valence-corrected chi connectivity index (χ3v) is 3.61. The van der Waals surface area contributed by atoms with E-state index in [0.29, 0.717) is 0 Å². The molecule has 1 unspecified atom stereocenters. The SMILES string of the molecule is NC1CCN(c2cc(-c3ccccc3Cl)[nH]n2)C1. The van der Waals surface area contributed by atoms with Crippen LogP contribution in [0.25, 0.3) is 11.3 Å². The van der Waals surface area contributed by atoms with Crippen LogP contribution >= 0.6 is 11.6 Å². The van der Waals surface area contributed by atoms with E-state index in [0.717, 1.165) is 41.6 Å². The van der Waals surface area contributed by atoms with E-state index in [2.05, 4.69) is 15.1 Å². The summed E-state index contributed by atoms with van der Waals surface area (Å²) in [4.78, 5) is 2.20. The van der Waals surface area contributed by atoms with Crippen LogP contribution in [0, 0.1) is 0 Å². The van der Waals surface area contributed by atoms with Crippen molar-refractivity contribution >= 4 is 17.4 Å². The molecular weight excluding hydrogens is 248 g/mol. The maximum Gasteiger partial charge on any atom is 0.151 e. The van der Waals surface area contributed by atoms with E-state index in [4.69, 9.17) is 17.3 Å². The molecule has 0 aliphatic carbocycles. The molecule has 18 heavy (non-hydrogen) atoms. The molecule has 1 atom stereocenters. The van der Waals surface area contributed by atoms with Gasteiger partial charge < -0.3 is 10.6 Å². The summed E-state index contributed by atoms with van der Waals surface area (Å²) in [5, 5.41) is 8.10. The van der Waals surface area contributed by atoms with Crippen LogP contribution < -0.4 is 10.6 Å². The van der Waals surface area contributed by atoms with E-state index in [1.165, 1.54) is 0 Å². The van der Waals surface area contributed by atoms with Crippen LogP contribution in [0.2, 0.25) is 5.02 Å². The van der Waals surface area contributed by atoms with Gasteiger partial charge in [-0.05, 0) is 12.5 Å². The molecule has 5 heteroatoms. The summed E-state index contributed by atoms with van der Waals surface area (Å²) in [5.74, 6) is 0.942. The largest absolute Gasteiger partial charge is 0.354 e. The lowest BCUT2D eigenvalue weighted by molar-refractivity contribution is 0.751. The normalized spacial score (nSPS) is 19.4. The van der Waals surface area contributed by atoms with Crippen molar-refractivity contribution in [2.24, 2.45) is 5.73 Å². The van der Waals surface area contributed by atoms with Gasteiger partial charge in [0.2, 0.25) is 0 Å². The van der Waals surface area contributed by atoms with E-state index >= 15 is 0 Å². The van der Waals surface area contributed by atoms with Gasteiger partial charge in [-0.15, -0.1) is 0 Å². The number of H-pyrrole nitrogens is 1. The lowest BCUT2D eigenvalue weighted by atomic mass is 10.1. The Bertz CT molecular complexity index is 551. The lowest BCUT2D eigenvalue weighted by Gasteiger charge is -2.13. The van der Waals surface area contributed by atoms with Crippen molar-refractivity contribution in [3.63, 3.8) is 0 Å². The van der Waals surface area contributed by atoms with Gasteiger partial charge in [0.05, 0.1) is 5.69 Å². The number of anilines is 1. The second kappa shape index (κ2) is 4.63. The van der Waals surface area contributed by atoms with Crippen molar-refractivity contribution in [2.45, 2.75) is 12.5 Å². The average molecular weight is 263 g/mol. The van der Waals surface area contributed by atoms with Crippen LogP contribution in [-0.4, -0.2) is 29.3 Å². The van der Waals surface area contributed by atoms with Crippen molar-refractivity contribution in [1.29, 1.82) is 0 Å². The molecule has 1 aliphatic rings. The number of benzene rings is 1. The molecule has 4 nitrogen and oxygen atoms in total. The zero-order valence-corrected chi connectivity index (χ0v) is 10.7. The second-order valence-electron chi connectivity index (χ2n) is 4.61. The van der Waals surface area contributed by atoms with Crippen molar-refractivity contribution in [3.05, 3.63) is 35.4 Å². The molecule has 0 spiro atoms. The molecule has 1 aliphatic heterocycles. The molecule has 1 fully saturated rings. The molecule has 0 saturated carbocycles. The molecular formula is C13H15ClN4. The minimum absolute atomic E-state index is 0.255. The molecule has 0 radical (unpaired) electrons. The Morgan fingerprint density at radius 3 is 2.94 bits per heavy atom. The predicted octanol–water partition coefficient (Wildman–Crippen LogP) is 2.27. The first-order valence-electron chi connectivity index (χ1n) is 6.05. The Hall–Kier alpha value is -1.52. The fourth-order valence-electron chi connectivity index (χ4n) is 2.29. The zero-order valence-electron chi connectivity index (χ0n) is 9.94. The smallest absolute Gasteiger partial charge is 0.151 e. The highest BCUT2D eigenvalue weighted by Crippen LogP contribution is 2.29. The number of hydrogen-bond acceptors (Lipinski definition) is 3. The number of rotatable bonds is 2. The number of nitrogens with two attached hydrogens (primary N) is 1. The van der Waals surface area contributed by atoms with Gasteiger partial charge in [0, 0.05) is 35.8 Å². The van der Waals surface area contributed by atoms with Gasteiger partial charge in [-0.3, -0.25) is 5.10 Å². The fraction of sp³-hybridized carbons (Fsp3) is 0.308. The van der Waals surface area contributed by atoms with E-state index in [1.807, 2.05) is 30.3 Å². The monoisotopic (exact) mass is 262 g/mol. The van der Waals surface area contributed by atoms with Crippen molar-refractivity contribution < 1.29 is 0 Å². The predicted molar refractivity (Wildman–Crippen MR) is 73.8 cm³/mol. The van der Waals surface area contributed by atoms with Gasteiger partial charge in [-0.1, -0.05) is 29.8 Å². The Kier molecular flexibility index (Phi) is 2.97. The minimum Gasteiger partial charge on any atom is -0.354 e. The van der Waals surface area contributed by atoms with Gasteiger partial charge in [-0.25, -0.2) is 0 Å². The maximum atomic E-state index is 6.17. The third-order valence-electron chi connectivity index (χ3n) is 3.28. The number of aromatic amines is 1. The second-order valence-corrected chi connectivity index (χ2v) is 5.02. The van der Waals surface area contributed by atoms with Crippen molar-refractivity contribution in [2.75, 3.05) is 18.0 Å². The highest BCUT2D eigenvalue weighted by molar-refractivity contribution is 6.33. The van der Waals surface area contributed by atoms with Gasteiger partial charge in [0.25, 0.3) is 0 Å². The van der Waals surface area contributed by atoms with Crippen LogP contribution in [0.3, 0.4) is 0 Å². The molecule has 3 N–H and O–H groups in total. The zero-order chi connectivity index (χ0) is 12.5. The summed E-state index contributed by atoms with van der Waals surface area (Å²) in [5.41, 5.74) is 7.82. The first-order chi connectivity index (χ1) is 8.74. The Morgan fingerprint density at radius 1 is 1.39 bits per heavy atom. The van der Waals surface area contributed by atoms with Gasteiger partial charge in [0.1, 0.15) is 0 Å². The van der Waals surface area contributed by atoms with Crippen LogP contribution in [0.15, 0.2) is 30.3 Å². The van der Waals surface area contributed by atoms with Crippen LogP contribution in [0.1, 0.15) is 6.42 Å². The van der Waals surface area contributed by atoms with E-state index in [-0.39, 0.29) is 6.04 Å². The third kappa shape index (κ3) is 2.09. The van der Waals surface area contributed by atoms with Gasteiger partial charge in [-0.2, -0.15) is 5.10 Å². The number of halogens is 1. The van der Waals surface area contributed by atoms with Gasteiger partial charge in [0.15, 0.2) is 5.82 Å². The fourth-order valence-corrected chi connectivity index (χ4v) is 2.52. The molecule has 0 amide bonds. The first-order valence-corrected chi connectivity index (χ1v) is 6.42. The molecule has 2 aromatic rings. The van der Waals surface area contributed by atoms with E-state index in [1.54, 1.807) is 0 Å². The Balaban J connectivity index is 1.88. The molecule has 94 valence electrons. The standard InChI is InChI=1S/C13H15ClN4/c14-11-4-2-1-3-10(11)12-7-13(17-16-12)18-6-5-9(15)8-18/h1-4,7,9H,5-6,8,15H2,(H,16,17). The first kappa shape index (κ1) is 11.6. The summed E-state index contributed by atoms with van der Waals surface area (Å²) < 4.78 is 0. The molecule has 2 heterocycles. The number of aromatic nitrogens is 2. The van der Waals surface area contributed by atoms with E-state index in [9.17, 15) is 0 Å². The Labute approximate surface area is 111 Å². The summed E-state index contributed by atoms with van der Waals surface area (Å²) in [7, 11) is 0. The molecule has 1 aromatic heterocycles. The summed E-state index contributed by atoms with van der Waals surface area (Å²) in [6.07, 6.45) is 1.02. The molecule has 1 aromatic carbocycles. The highest BCUT2D eigenvalue weighted by atomic mass is 35.5. The molecule has 1 saturated heterocycles. The summed E-state index contributed by atoms with van der Waals surface area (Å²) in [6, 6.07) is 10.0. The summed E-state index contributed by atoms with van der Waals surface area (Å²) >= 11 is 6.17. The Morgan fingerprint density at radius 2 is 2.22 bits per heavy atom. The number of nitrogens with one attached hydrogen (secondary N) is 1. The molecule has 0 bridgehead atoms.